The summed E-state index contributed by atoms with van der Waals surface area (Å²) in [6.07, 6.45) is 0.648. The number of rotatable bonds is 6. The molecular weight excluding hydrogens is 312 g/mol. The Morgan fingerprint density at radius 2 is 1.70 bits per heavy atom. The number of sulfonamides is 1. The number of nitrogens with zero attached hydrogens (tertiary/aromatic N) is 1. The first kappa shape index (κ1) is 17.0. The van der Waals surface area contributed by atoms with Crippen LogP contribution >= 0.6 is 0 Å². The molecule has 0 bridgehead atoms. The van der Waals surface area contributed by atoms with E-state index in [2.05, 4.69) is 0 Å². The lowest BCUT2D eigenvalue weighted by atomic mass is 10.1. The fraction of sp³-hybridized carbons (Fsp3) is 0.235. The van der Waals surface area contributed by atoms with Crippen LogP contribution in [0.2, 0.25) is 0 Å². The highest BCUT2D eigenvalue weighted by Gasteiger charge is 2.27. The van der Waals surface area contributed by atoms with Gasteiger partial charge in [0.25, 0.3) is 10.0 Å². The summed E-state index contributed by atoms with van der Waals surface area (Å²) in [5.41, 5.74) is 7.55. The Labute approximate surface area is 136 Å². The first-order valence-electron chi connectivity index (χ1n) is 7.32. The van der Waals surface area contributed by atoms with Gasteiger partial charge in [-0.15, -0.1) is 0 Å². The fourth-order valence-corrected chi connectivity index (χ4v) is 3.80. The maximum atomic E-state index is 13.0. The van der Waals surface area contributed by atoms with E-state index in [-0.39, 0.29) is 4.90 Å². The lowest BCUT2D eigenvalue weighted by Gasteiger charge is -2.25. The second-order valence-corrected chi connectivity index (χ2v) is 7.14. The molecule has 0 fully saturated rings. The normalized spacial score (nSPS) is 11.2. The van der Waals surface area contributed by atoms with E-state index < -0.39 is 22.5 Å². The summed E-state index contributed by atoms with van der Waals surface area (Å²) in [6, 6.07) is 13.6. The molecule has 0 atom stereocenters. The highest BCUT2D eigenvalue weighted by molar-refractivity contribution is 7.92. The number of hydrogen-bond donors (Lipinski definition) is 1. The number of aryl methyl sites for hydroxylation is 2. The average molecular weight is 332 g/mol. The molecule has 2 rings (SSSR count). The molecule has 5 nitrogen and oxygen atoms in total. The third-order valence-electron chi connectivity index (χ3n) is 3.55. The predicted octanol–water partition coefficient (Wildman–Crippen LogP) is 2.24. The lowest BCUT2D eigenvalue weighted by Crippen LogP contribution is -2.39. The van der Waals surface area contributed by atoms with Gasteiger partial charge in [-0.25, -0.2) is 8.42 Å². The van der Waals surface area contributed by atoms with Gasteiger partial charge in [-0.3, -0.25) is 9.10 Å². The molecule has 0 aliphatic carbocycles. The molecule has 0 aliphatic rings. The molecule has 122 valence electrons. The smallest absolute Gasteiger partial charge is 0.264 e. The van der Waals surface area contributed by atoms with Crippen molar-refractivity contribution in [2.75, 3.05) is 10.8 Å². The van der Waals surface area contributed by atoms with Crippen LogP contribution in [0.25, 0.3) is 0 Å². The molecule has 0 aromatic heterocycles. The van der Waals surface area contributed by atoms with Gasteiger partial charge in [0.05, 0.1) is 10.6 Å². The first-order chi connectivity index (χ1) is 10.9. The Bertz CT molecular complexity index is 799. The van der Waals surface area contributed by atoms with Gasteiger partial charge in [-0.2, -0.15) is 0 Å². The van der Waals surface area contributed by atoms with Crippen molar-refractivity contribution < 1.29 is 13.2 Å². The van der Waals surface area contributed by atoms with Gasteiger partial charge in [0.15, 0.2) is 0 Å². The van der Waals surface area contributed by atoms with Crippen LogP contribution < -0.4 is 10.0 Å². The van der Waals surface area contributed by atoms with E-state index in [0.29, 0.717) is 12.1 Å². The van der Waals surface area contributed by atoms with E-state index in [9.17, 15) is 13.2 Å². The molecule has 1 amide bonds. The van der Waals surface area contributed by atoms with Crippen molar-refractivity contribution >= 4 is 21.6 Å². The number of nitrogens with two attached hydrogens (primary N) is 1. The number of anilines is 1. The van der Waals surface area contributed by atoms with Crippen LogP contribution in [-0.2, 0) is 21.2 Å². The molecule has 2 N–H and O–H groups in total. The molecule has 6 heteroatoms. The van der Waals surface area contributed by atoms with Crippen LogP contribution in [0.5, 0.6) is 0 Å². The Balaban J connectivity index is 2.58. The van der Waals surface area contributed by atoms with Crippen LogP contribution in [0.1, 0.15) is 18.1 Å². The van der Waals surface area contributed by atoms with Crippen molar-refractivity contribution in [3.63, 3.8) is 0 Å². The zero-order chi connectivity index (χ0) is 17.0. The monoisotopic (exact) mass is 332 g/mol. The molecular formula is C17H20N2O3S. The van der Waals surface area contributed by atoms with Crippen LogP contribution in [-0.4, -0.2) is 20.9 Å². The Hall–Kier alpha value is -2.34. The summed E-state index contributed by atoms with van der Waals surface area (Å²) in [7, 11) is -3.87. The third-order valence-corrected chi connectivity index (χ3v) is 5.32. The average Bonchev–Trinajstić information content (AvgIpc) is 2.52. The number of carbonyl (C=O) groups excluding carboxylic acids is 1. The number of hydrogen-bond acceptors (Lipinski definition) is 3. The maximum Gasteiger partial charge on any atom is 0.264 e. The van der Waals surface area contributed by atoms with E-state index in [0.717, 1.165) is 15.4 Å². The largest absolute Gasteiger partial charge is 0.368 e. The molecule has 0 saturated heterocycles. The van der Waals surface area contributed by atoms with Crippen molar-refractivity contribution in [1.82, 2.24) is 0 Å². The van der Waals surface area contributed by atoms with E-state index in [1.807, 2.05) is 26.0 Å². The van der Waals surface area contributed by atoms with Crippen LogP contribution in [0.4, 0.5) is 5.69 Å². The predicted molar refractivity (Wildman–Crippen MR) is 90.7 cm³/mol. The molecule has 0 saturated carbocycles. The zero-order valence-corrected chi connectivity index (χ0v) is 14.0. The van der Waals surface area contributed by atoms with E-state index in [1.54, 1.807) is 24.3 Å². The maximum absolute atomic E-state index is 13.0. The molecule has 2 aromatic carbocycles. The van der Waals surface area contributed by atoms with Crippen LogP contribution in [0.3, 0.4) is 0 Å². The van der Waals surface area contributed by atoms with E-state index in [4.69, 9.17) is 5.73 Å². The van der Waals surface area contributed by atoms with Gasteiger partial charge in [-0.05, 0) is 37.1 Å². The molecule has 23 heavy (non-hydrogen) atoms. The number of benzene rings is 2. The van der Waals surface area contributed by atoms with Gasteiger partial charge in [0, 0.05) is 0 Å². The topological polar surface area (TPSA) is 80.5 Å². The first-order valence-corrected chi connectivity index (χ1v) is 8.76. The molecule has 0 aliphatic heterocycles. The highest BCUT2D eigenvalue weighted by atomic mass is 32.2. The summed E-state index contributed by atoms with van der Waals surface area (Å²) in [5.74, 6) is -0.702. The minimum absolute atomic E-state index is 0.134. The summed E-state index contributed by atoms with van der Waals surface area (Å²) >= 11 is 0. The highest BCUT2D eigenvalue weighted by Crippen LogP contribution is 2.27. The molecule has 0 unspecified atom stereocenters. The number of carbonyl (C=O) groups is 1. The fourth-order valence-electron chi connectivity index (χ4n) is 2.33. The summed E-state index contributed by atoms with van der Waals surface area (Å²) in [5, 5.41) is 0. The Kier molecular flexibility index (Phi) is 5.05. The molecule has 0 radical (unpaired) electrons. The summed E-state index contributed by atoms with van der Waals surface area (Å²) in [6.45, 7) is 3.41. The zero-order valence-electron chi connectivity index (χ0n) is 13.2. The number of amides is 1. The van der Waals surface area contributed by atoms with Gasteiger partial charge >= 0.3 is 0 Å². The van der Waals surface area contributed by atoms with Gasteiger partial charge in [0.1, 0.15) is 6.54 Å². The Morgan fingerprint density at radius 1 is 1.09 bits per heavy atom. The van der Waals surface area contributed by atoms with Gasteiger partial charge < -0.3 is 5.73 Å². The molecule has 2 aromatic rings. The third kappa shape index (κ3) is 3.71. The summed E-state index contributed by atoms with van der Waals surface area (Å²) < 4.78 is 27.0. The Morgan fingerprint density at radius 3 is 2.26 bits per heavy atom. The lowest BCUT2D eigenvalue weighted by molar-refractivity contribution is -0.116. The van der Waals surface area contributed by atoms with E-state index in [1.165, 1.54) is 12.1 Å². The van der Waals surface area contributed by atoms with Crippen molar-refractivity contribution in [1.29, 1.82) is 0 Å². The van der Waals surface area contributed by atoms with Crippen molar-refractivity contribution in [3.8, 4) is 0 Å². The quantitative estimate of drug-likeness (QED) is 0.881. The molecule has 0 heterocycles. The van der Waals surface area contributed by atoms with Gasteiger partial charge in [0.2, 0.25) is 5.91 Å². The van der Waals surface area contributed by atoms with E-state index >= 15 is 0 Å². The van der Waals surface area contributed by atoms with Crippen LogP contribution in [0, 0.1) is 6.92 Å². The SMILES string of the molecule is CCc1ccccc1N(CC(N)=O)S(=O)(=O)c1ccc(C)cc1. The number of para-hydroxylation sites is 1. The number of primary amides is 1. The van der Waals surface area contributed by atoms with Crippen molar-refractivity contribution in [2.45, 2.75) is 25.2 Å². The standard InChI is InChI=1S/C17H20N2O3S/c1-3-14-6-4-5-7-16(14)19(12-17(18)20)23(21,22)15-10-8-13(2)9-11-15/h4-11H,3,12H2,1-2H3,(H2,18,20). The van der Waals surface area contributed by atoms with Gasteiger partial charge in [-0.1, -0.05) is 42.8 Å². The molecule has 0 spiro atoms. The van der Waals surface area contributed by atoms with Crippen molar-refractivity contribution in [3.05, 3.63) is 59.7 Å². The minimum Gasteiger partial charge on any atom is -0.368 e. The van der Waals surface area contributed by atoms with Crippen molar-refractivity contribution in [2.24, 2.45) is 5.73 Å². The van der Waals surface area contributed by atoms with Crippen LogP contribution in [0.15, 0.2) is 53.4 Å². The second-order valence-electron chi connectivity index (χ2n) is 5.27. The second kappa shape index (κ2) is 6.83. The summed E-state index contributed by atoms with van der Waals surface area (Å²) in [4.78, 5) is 11.6. The minimum atomic E-state index is -3.87.